The number of aromatic nitrogens is 2. The lowest BCUT2D eigenvalue weighted by molar-refractivity contribution is 0.469. The Hall–Kier alpha value is -1.66. The van der Waals surface area contributed by atoms with Crippen molar-refractivity contribution in [2.45, 2.75) is 13.8 Å². The van der Waals surface area contributed by atoms with E-state index in [4.69, 9.17) is 4.74 Å². The minimum absolute atomic E-state index is 0.582. The molecule has 0 saturated carbocycles. The fourth-order valence-corrected chi connectivity index (χ4v) is 3.22. The van der Waals surface area contributed by atoms with Crippen LogP contribution in [0, 0.1) is 6.92 Å². The maximum atomic E-state index is 5.96. The van der Waals surface area contributed by atoms with E-state index in [2.05, 4.69) is 44.2 Å². The van der Waals surface area contributed by atoms with E-state index in [0.717, 1.165) is 27.0 Å². The first-order chi connectivity index (χ1) is 10.2. The molecule has 0 saturated heterocycles. The highest BCUT2D eigenvalue weighted by molar-refractivity contribution is 9.10. The van der Waals surface area contributed by atoms with Crippen molar-refractivity contribution >= 4 is 43.4 Å². The number of hydrogen-bond acceptors (Lipinski definition) is 5. The summed E-state index contributed by atoms with van der Waals surface area (Å²) in [6, 6.07) is 9.77. The second-order valence-corrected chi connectivity index (χ2v) is 6.67. The normalized spacial score (nSPS) is 10.8. The number of hydrogen-bond donors (Lipinski definition) is 1. The summed E-state index contributed by atoms with van der Waals surface area (Å²) in [4.78, 5) is 11.1. The van der Waals surface area contributed by atoms with Crippen LogP contribution >= 0.6 is 27.3 Å². The van der Waals surface area contributed by atoms with E-state index in [1.807, 2.05) is 31.2 Å². The van der Waals surface area contributed by atoms with E-state index < -0.39 is 0 Å². The smallest absolute Gasteiger partial charge is 0.232 e. The Morgan fingerprint density at radius 3 is 2.90 bits per heavy atom. The zero-order chi connectivity index (χ0) is 14.8. The average Bonchev–Trinajstić information content (AvgIpc) is 2.80. The van der Waals surface area contributed by atoms with Crippen molar-refractivity contribution in [1.29, 1.82) is 0 Å². The van der Waals surface area contributed by atoms with Crippen LogP contribution in [0.25, 0.3) is 10.2 Å². The second-order valence-electron chi connectivity index (χ2n) is 4.52. The van der Waals surface area contributed by atoms with Gasteiger partial charge in [-0.05, 0) is 38.1 Å². The summed E-state index contributed by atoms with van der Waals surface area (Å²) in [6.07, 6.45) is 0. The molecule has 3 aromatic rings. The highest BCUT2D eigenvalue weighted by Crippen LogP contribution is 2.34. The zero-order valence-electron chi connectivity index (χ0n) is 11.7. The van der Waals surface area contributed by atoms with E-state index in [1.54, 1.807) is 11.3 Å². The van der Waals surface area contributed by atoms with Crippen molar-refractivity contribution in [2.75, 3.05) is 11.9 Å². The fraction of sp³-hybridized carbons (Fsp3) is 0.200. The van der Waals surface area contributed by atoms with E-state index in [9.17, 15) is 0 Å². The molecule has 0 unspecified atom stereocenters. The van der Waals surface area contributed by atoms with Gasteiger partial charge in [0.25, 0.3) is 0 Å². The summed E-state index contributed by atoms with van der Waals surface area (Å²) in [6.45, 7) is 4.84. The molecule has 2 aromatic heterocycles. The standard InChI is InChI=1S/C15H14BrN3OS/c1-3-17-15-18-13(12-7-9(2)21-14(12)19-15)20-11-6-4-5-10(16)8-11/h4-8H,3H2,1-2H3,(H,17,18,19). The maximum Gasteiger partial charge on any atom is 0.232 e. The van der Waals surface area contributed by atoms with Crippen molar-refractivity contribution in [3.05, 3.63) is 39.7 Å². The lowest BCUT2D eigenvalue weighted by Crippen LogP contribution is -2.02. The van der Waals surface area contributed by atoms with Crippen LogP contribution in [-0.4, -0.2) is 16.5 Å². The van der Waals surface area contributed by atoms with Crippen molar-refractivity contribution in [2.24, 2.45) is 0 Å². The molecule has 108 valence electrons. The van der Waals surface area contributed by atoms with E-state index >= 15 is 0 Å². The molecule has 0 aliphatic heterocycles. The molecule has 4 nitrogen and oxygen atoms in total. The van der Waals surface area contributed by atoms with Crippen LogP contribution in [0.15, 0.2) is 34.8 Å². The lowest BCUT2D eigenvalue weighted by atomic mass is 10.3. The third kappa shape index (κ3) is 3.16. The number of nitrogens with zero attached hydrogens (tertiary/aromatic N) is 2. The Kier molecular flexibility index (Phi) is 4.07. The fourth-order valence-electron chi connectivity index (χ4n) is 1.97. The third-order valence-electron chi connectivity index (χ3n) is 2.83. The summed E-state index contributed by atoms with van der Waals surface area (Å²) in [5, 5.41) is 4.09. The Bertz CT molecular complexity index is 788. The van der Waals surface area contributed by atoms with Gasteiger partial charge in [0.05, 0.1) is 5.39 Å². The van der Waals surface area contributed by atoms with Crippen molar-refractivity contribution in [1.82, 2.24) is 9.97 Å². The molecule has 0 aliphatic carbocycles. The lowest BCUT2D eigenvalue weighted by Gasteiger charge is -2.08. The molecule has 0 fully saturated rings. The second kappa shape index (κ2) is 5.99. The third-order valence-corrected chi connectivity index (χ3v) is 4.26. The maximum absolute atomic E-state index is 5.96. The van der Waals surface area contributed by atoms with Crippen LogP contribution in [0.1, 0.15) is 11.8 Å². The van der Waals surface area contributed by atoms with E-state index in [0.29, 0.717) is 11.8 Å². The molecule has 1 aromatic carbocycles. The molecule has 6 heteroatoms. The quantitative estimate of drug-likeness (QED) is 0.709. The molecule has 2 heterocycles. The number of ether oxygens (including phenoxy) is 1. The SMILES string of the molecule is CCNc1nc(Oc2cccc(Br)c2)c2cc(C)sc2n1. The molecular formula is C15H14BrN3OS. The van der Waals surface area contributed by atoms with Gasteiger partial charge in [-0.25, -0.2) is 4.98 Å². The van der Waals surface area contributed by atoms with Crippen molar-refractivity contribution in [3.8, 4) is 11.6 Å². The molecule has 0 spiro atoms. The van der Waals surface area contributed by atoms with Crippen molar-refractivity contribution < 1.29 is 4.74 Å². The Labute approximate surface area is 135 Å². The predicted octanol–water partition coefficient (Wildman–Crippen LogP) is 4.99. The molecule has 0 atom stereocenters. The summed E-state index contributed by atoms with van der Waals surface area (Å²) in [5.41, 5.74) is 0. The Morgan fingerprint density at radius 2 is 2.14 bits per heavy atom. The summed E-state index contributed by atoms with van der Waals surface area (Å²) < 4.78 is 6.93. The highest BCUT2D eigenvalue weighted by Gasteiger charge is 2.12. The van der Waals surface area contributed by atoms with Crippen LogP contribution in [0.5, 0.6) is 11.6 Å². The van der Waals surface area contributed by atoms with Gasteiger partial charge in [0.2, 0.25) is 11.8 Å². The first kappa shape index (κ1) is 14.3. The van der Waals surface area contributed by atoms with Gasteiger partial charge in [-0.2, -0.15) is 4.98 Å². The number of nitrogens with one attached hydrogen (secondary N) is 1. The predicted molar refractivity (Wildman–Crippen MR) is 90.5 cm³/mol. The monoisotopic (exact) mass is 363 g/mol. The van der Waals surface area contributed by atoms with Gasteiger partial charge in [0, 0.05) is 15.9 Å². The van der Waals surface area contributed by atoms with Gasteiger partial charge < -0.3 is 10.1 Å². The minimum Gasteiger partial charge on any atom is -0.438 e. The van der Waals surface area contributed by atoms with Gasteiger partial charge in [-0.3, -0.25) is 0 Å². The summed E-state index contributed by atoms with van der Waals surface area (Å²) in [7, 11) is 0. The molecule has 0 amide bonds. The molecule has 3 rings (SSSR count). The van der Waals surface area contributed by atoms with Gasteiger partial charge >= 0.3 is 0 Å². The van der Waals surface area contributed by atoms with Gasteiger partial charge in [-0.1, -0.05) is 22.0 Å². The number of aryl methyl sites for hydroxylation is 1. The van der Waals surface area contributed by atoms with E-state index in [1.165, 1.54) is 4.88 Å². The van der Waals surface area contributed by atoms with E-state index in [-0.39, 0.29) is 0 Å². The first-order valence-electron chi connectivity index (χ1n) is 6.61. The van der Waals surface area contributed by atoms with Crippen molar-refractivity contribution in [3.63, 3.8) is 0 Å². The number of anilines is 1. The summed E-state index contributed by atoms with van der Waals surface area (Å²) in [5.74, 6) is 1.92. The Morgan fingerprint density at radius 1 is 1.29 bits per heavy atom. The van der Waals surface area contributed by atoms with Gasteiger partial charge in [-0.15, -0.1) is 11.3 Å². The zero-order valence-corrected chi connectivity index (χ0v) is 14.1. The Balaban J connectivity index is 2.06. The number of rotatable bonds is 4. The van der Waals surface area contributed by atoms with Crippen LogP contribution in [0.3, 0.4) is 0 Å². The largest absolute Gasteiger partial charge is 0.438 e. The topological polar surface area (TPSA) is 47.0 Å². The number of halogens is 1. The molecule has 1 N–H and O–H groups in total. The molecule has 21 heavy (non-hydrogen) atoms. The van der Waals surface area contributed by atoms with Crippen LogP contribution < -0.4 is 10.1 Å². The first-order valence-corrected chi connectivity index (χ1v) is 8.22. The average molecular weight is 364 g/mol. The van der Waals surface area contributed by atoms with Crippen LogP contribution in [0.4, 0.5) is 5.95 Å². The highest BCUT2D eigenvalue weighted by atomic mass is 79.9. The van der Waals surface area contributed by atoms with Gasteiger partial charge in [0.15, 0.2) is 0 Å². The molecule has 0 aliphatic rings. The molecule has 0 bridgehead atoms. The van der Waals surface area contributed by atoms with Gasteiger partial charge in [0.1, 0.15) is 10.6 Å². The number of benzene rings is 1. The van der Waals surface area contributed by atoms with Crippen LogP contribution in [0.2, 0.25) is 0 Å². The number of thiophene rings is 1. The minimum atomic E-state index is 0.582. The van der Waals surface area contributed by atoms with Crippen LogP contribution in [-0.2, 0) is 0 Å². The molecular weight excluding hydrogens is 350 g/mol. The number of fused-ring (bicyclic) bond motifs is 1. The summed E-state index contributed by atoms with van der Waals surface area (Å²) >= 11 is 5.09. The molecule has 0 radical (unpaired) electrons.